The molecule has 1 aliphatic rings. The molecule has 0 radical (unpaired) electrons. The van der Waals surface area contributed by atoms with Gasteiger partial charge in [-0.1, -0.05) is 52.3 Å². The van der Waals surface area contributed by atoms with Gasteiger partial charge in [-0.25, -0.2) is 4.98 Å². The average Bonchev–Trinajstić information content (AvgIpc) is 3.49. The Morgan fingerprint density at radius 2 is 1.76 bits per heavy atom. The summed E-state index contributed by atoms with van der Waals surface area (Å²) in [5.41, 5.74) is 4.27. The van der Waals surface area contributed by atoms with Crippen LogP contribution in [0.15, 0.2) is 53.3 Å². The Morgan fingerprint density at radius 1 is 1.00 bits per heavy atom. The van der Waals surface area contributed by atoms with E-state index in [1.165, 1.54) is 6.92 Å². The molecule has 264 valence electrons. The predicted octanol–water partition coefficient (Wildman–Crippen LogP) is 6.24. The van der Waals surface area contributed by atoms with Crippen LogP contribution in [-0.2, 0) is 16.0 Å². The maximum Gasteiger partial charge on any atom is 0.247 e. The lowest BCUT2D eigenvalue weighted by Gasteiger charge is -2.24. The third kappa shape index (κ3) is 7.44. The monoisotopic (exact) mass is 682 g/mol. The highest BCUT2D eigenvalue weighted by Gasteiger charge is 2.30. The first-order valence-corrected chi connectivity index (χ1v) is 16.9. The number of aromatic amines is 1. The van der Waals surface area contributed by atoms with E-state index in [1.54, 1.807) is 39.5 Å². The Morgan fingerprint density at radius 3 is 2.40 bits per heavy atom. The molecular formula is C38H46N6O6. The number of anilines is 2. The third-order valence-electron chi connectivity index (χ3n) is 9.16. The zero-order valence-corrected chi connectivity index (χ0v) is 29.9. The molecule has 2 amide bonds. The minimum absolute atomic E-state index is 0.132. The van der Waals surface area contributed by atoms with Crippen molar-refractivity contribution in [3.63, 3.8) is 0 Å². The number of rotatable bonds is 12. The molecule has 1 aliphatic carbocycles. The number of methoxy groups -OCH3 is 3. The van der Waals surface area contributed by atoms with Crippen LogP contribution in [0.1, 0.15) is 76.4 Å². The van der Waals surface area contributed by atoms with E-state index >= 15 is 0 Å². The molecule has 3 aromatic carbocycles. The summed E-state index contributed by atoms with van der Waals surface area (Å²) in [5, 5.41) is 16.6. The van der Waals surface area contributed by atoms with E-state index in [1.807, 2.05) is 58.0 Å². The molecule has 0 unspecified atom stereocenters. The van der Waals surface area contributed by atoms with Gasteiger partial charge in [0.2, 0.25) is 23.0 Å². The van der Waals surface area contributed by atoms with Crippen molar-refractivity contribution in [1.82, 2.24) is 20.5 Å². The van der Waals surface area contributed by atoms with Crippen LogP contribution >= 0.6 is 0 Å². The number of hydrogen-bond acceptors (Lipinski definition) is 9. The summed E-state index contributed by atoms with van der Waals surface area (Å²) >= 11 is 0. The van der Waals surface area contributed by atoms with E-state index < -0.39 is 12.1 Å². The van der Waals surface area contributed by atoms with Crippen LogP contribution in [0.4, 0.5) is 11.4 Å². The van der Waals surface area contributed by atoms with Gasteiger partial charge in [0.1, 0.15) is 11.9 Å². The number of carbonyl (C=O) groups excluding carboxylic acids is 2. The van der Waals surface area contributed by atoms with Gasteiger partial charge < -0.3 is 30.2 Å². The molecule has 12 nitrogen and oxygen atoms in total. The Kier molecular flexibility index (Phi) is 11.1. The Balaban J connectivity index is 1.54. The highest BCUT2D eigenvalue weighted by atomic mass is 16.5. The van der Waals surface area contributed by atoms with Gasteiger partial charge in [-0.05, 0) is 65.8 Å². The SMILES string of the molecule is CC[C@H](C)[C@H](Nc1ccc2c(cc1=O)[C@H](NC(C)=O)CCc1cc(OC)c(OC)c(OC)c1-2)C(=O)Nc1cccc(-c2n[nH]c(C(C)C)n2)c1. The molecular weight excluding hydrogens is 636 g/mol. The summed E-state index contributed by atoms with van der Waals surface area (Å²) in [6, 6.07) is 13.1. The van der Waals surface area contributed by atoms with Crippen molar-refractivity contribution < 1.29 is 23.8 Å². The summed E-state index contributed by atoms with van der Waals surface area (Å²) in [4.78, 5) is 44.8. The highest BCUT2D eigenvalue weighted by Crippen LogP contribution is 2.50. The third-order valence-corrected chi connectivity index (χ3v) is 9.16. The average molecular weight is 683 g/mol. The zero-order valence-electron chi connectivity index (χ0n) is 29.9. The van der Waals surface area contributed by atoms with Crippen molar-refractivity contribution in [3.05, 3.63) is 75.7 Å². The summed E-state index contributed by atoms with van der Waals surface area (Å²) in [7, 11) is 4.66. The maximum absolute atomic E-state index is 14.0. The van der Waals surface area contributed by atoms with Gasteiger partial charge in [0.15, 0.2) is 17.3 Å². The van der Waals surface area contributed by atoms with E-state index in [9.17, 15) is 14.4 Å². The van der Waals surface area contributed by atoms with Crippen molar-refractivity contribution in [1.29, 1.82) is 0 Å². The van der Waals surface area contributed by atoms with Crippen LogP contribution in [0.3, 0.4) is 0 Å². The van der Waals surface area contributed by atoms with Gasteiger partial charge >= 0.3 is 0 Å². The molecule has 0 aliphatic heterocycles. The number of aromatic nitrogens is 3. The molecule has 12 heteroatoms. The van der Waals surface area contributed by atoms with Crippen LogP contribution in [0, 0.1) is 5.92 Å². The van der Waals surface area contributed by atoms with Gasteiger partial charge in [-0.15, -0.1) is 0 Å². The van der Waals surface area contributed by atoms with Crippen molar-refractivity contribution in [3.8, 4) is 39.8 Å². The first-order valence-electron chi connectivity index (χ1n) is 16.9. The van der Waals surface area contributed by atoms with Gasteiger partial charge in [-0.3, -0.25) is 19.5 Å². The highest BCUT2D eigenvalue weighted by molar-refractivity contribution is 5.97. The number of carbonyl (C=O) groups is 2. The molecule has 50 heavy (non-hydrogen) atoms. The fourth-order valence-corrected chi connectivity index (χ4v) is 6.31. The van der Waals surface area contributed by atoms with Gasteiger partial charge in [0.25, 0.3) is 0 Å². The lowest BCUT2D eigenvalue weighted by molar-refractivity contribution is -0.120. The molecule has 4 N–H and O–H groups in total. The Labute approximate surface area is 292 Å². The first-order chi connectivity index (χ1) is 24.0. The number of nitrogens with one attached hydrogen (secondary N) is 4. The zero-order chi connectivity index (χ0) is 36.1. The number of hydrogen-bond donors (Lipinski definition) is 4. The quantitative estimate of drug-likeness (QED) is 0.136. The van der Waals surface area contributed by atoms with Crippen LogP contribution in [-0.4, -0.2) is 54.4 Å². The maximum atomic E-state index is 14.0. The van der Waals surface area contributed by atoms with Crippen LogP contribution < -0.4 is 35.6 Å². The first kappa shape index (κ1) is 35.9. The Bertz CT molecular complexity index is 1940. The Hall–Kier alpha value is -5.39. The molecule has 1 aromatic heterocycles. The fourth-order valence-electron chi connectivity index (χ4n) is 6.31. The number of amides is 2. The second-order valence-electron chi connectivity index (χ2n) is 12.9. The van der Waals surface area contributed by atoms with Crippen LogP contribution in [0.25, 0.3) is 22.5 Å². The molecule has 0 spiro atoms. The standard InChI is InChI=1S/C38H46N6O6/c1-9-21(4)33(38(47)40-25-12-10-11-24(17-25)37-42-36(20(2)3)43-44-37)41-29-16-14-26-27(19-30(29)46)28(39-22(5)45)15-13-23-18-31(48-6)34(49-7)35(50-8)32(23)26/h10-12,14,16-21,28,33H,9,13,15H2,1-8H3,(H,39,45)(H,40,47)(H,41,46)(H,42,43,44)/t21-,28+,33-/m0/s1. The fraction of sp³-hybridized carbons (Fsp3) is 0.395. The summed E-state index contributed by atoms with van der Waals surface area (Å²) in [5.74, 6) is 2.28. The molecule has 4 aromatic rings. The number of aryl methyl sites for hydroxylation is 1. The van der Waals surface area contributed by atoms with E-state index in [-0.39, 0.29) is 34.8 Å². The number of ether oxygens (including phenoxy) is 3. The minimum Gasteiger partial charge on any atom is -0.493 e. The normalized spacial score (nSPS) is 14.8. The van der Waals surface area contributed by atoms with E-state index in [2.05, 4.69) is 31.1 Å². The molecule has 0 saturated carbocycles. The summed E-state index contributed by atoms with van der Waals surface area (Å²) in [6.07, 6.45) is 1.80. The van der Waals surface area contributed by atoms with Gasteiger partial charge in [-0.2, -0.15) is 5.10 Å². The molecule has 5 rings (SSSR count). The lowest BCUT2D eigenvalue weighted by atomic mass is 9.95. The van der Waals surface area contributed by atoms with Crippen LogP contribution in [0.5, 0.6) is 17.2 Å². The smallest absolute Gasteiger partial charge is 0.247 e. The van der Waals surface area contributed by atoms with E-state index in [0.29, 0.717) is 59.1 Å². The van der Waals surface area contributed by atoms with Crippen molar-refractivity contribution >= 4 is 23.2 Å². The predicted molar refractivity (Wildman–Crippen MR) is 194 cm³/mol. The van der Waals surface area contributed by atoms with Gasteiger partial charge in [0, 0.05) is 29.7 Å². The van der Waals surface area contributed by atoms with Crippen molar-refractivity contribution in [2.24, 2.45) is 5.92 Å². The van der Waals surface area contributed by atoms with Gasteiger partial charge in [0.05, 0.1) is 33.1 Å². The number of fused-ring (bicyclic) bond motifs is 3. The van der Waals surface area contributed by atoms with Crippen LogP contribution in [0.2, 0.25) is 0 Å². The van der Waals surface area contributed by atoms with E-state index in [0.717, 1.165) is 22.5 Å². The topological polar surface area (TPSA) is 157 Å². The molecule has 0 fully saturated rings. The largest absolute Gasteiger partial charge is 0.493 e. The van der Waals surface area contributed by atoms with Crippen molar-refractivity contribution in [2.75, 3.05) is 32.0 Å². The minimum atomic E-state index is -0.744. The number of benzene rings is 2. The van der Waals surface area contributed by atoms with Crippen molar-refractivity contribution in [2.45, 2.75) is 71.9 Å². The molecule has 0 bridgehead atoms. The second kappa shape index (κ2) is 15.4. The summed E-state index contributed by atoms with van der Waals surface area (Å²) in [6.45, 7) is 9.48. The number of H-pyrrole nitrogens is 1. The molecule has 3 atom stereocenters. The van der Waals surface area contributed by atoms with E-state index in [4.69, 9.17) is 14.2 Å². The second-order valence-corrected chi connectivity index (χ2v) is 12.9. The molecule has 1 heterocycles. The number of nitrogens with zero attached hydrogens (tertiary/aromatic N) is 2. The summed E-state index contributed by atoms with van der Waals surface area (Å²) < 4.78 is 17.2. The molecule has 0 saturated heterocycles. The lowest BCUT2D eigenvalue weighted by Crippen LogP contribution is -2.40.